The van der Waals surface area contributed by atoms with Crippen LogP contribution in [0.3, 0.4) is 0 Å². The molecular weight excluding hydrogens is 564 g/mol. The van der Waals surface area contributed by atoms with E-state index in [0.29, 0.717) is 0 Å². The van der Waals surface area contributed by atoms with Gasteiger partial charge in [-0.2, -0.15) is 0 Å². The molecule has 0 amide bonds. The van der Waals surface area contributed by atoms with Crippen molar-refractivity contribution >= 4 is 11.0 Å². The number of fused-ring (bicyclic) bond motifs is 1. The molecule has 0 bridgehead atoms. The van der Waals surface area contributed by atoms with E-state index in [2.05, 4.69) is 0 Å². The molecular formula is C27H30O15. The molecule has 228 valence electrons. The molecule has 0 aliphatic carbocycles. The van der Waals surface area contributed by atoms with E-state index >= 15 is 0 Å². The minimum Gasteiger partial charge on any atom is -0.508 e. The Morgan fingerprint density at radius 3 is 1.64 bits per heavy atom. The third-order valence-electron chi connectivity index (χ3n) is 7.70. The van der Waals surface area contributed by atoms with Gasteiger partial charge in [0.1, 0.15) is 89.4 Å². The standard InChI is InChI=1S/C27H30O15/c28-6-12-17(32)21(36)23(38)26(41-12)15-19(34)14-10(31)5-11(8-1-3-9(30)4-2-8)40-25(14)16(20(15)35)27-24(39)22(37)18(33)13(7-29)42-27/h1-5,12-13,17-18,21-24,26-30,32-39H,6-7H2/t12-,13-,17+,18+,21+,22+,23+,24+,26-,27+/m0/s1. The Kier molecular flexibility index (Phi) is 8.16. The fraction of sp³-hybridized carbons (Fsp3) is 0.444. The molecule has 10 atom stereocenters. The van der Waals surface area contributed by atoms with Crippen LogP contribution in [0, 0.1) is 0 Å². The van der Waals surface area contributed by atoms with E-state index in [9.17, 15) is 61.0 Å². The van der Waals surface area contributed by atoms with E-state index in [1.165, 1.54) is 24.3 Å². The van der Waals surface area contributed by atoms with Crippen LogP contribution in [0.5, 0.6) is 17.2 Å². The van der Waals surface area contributed by atoms with E-state index in [1.54, 1.807) is 0 Å². The van der Waals surface area contributed by atoms with Gasteiger partial charge in [0.05, 0.1) is 24.3 Å². The molecule has 11 N–H and O–H groups in total. The van der Waals surface area contributed by atoms with Crippen LogP contribution in [-0.2, 0) is 9.47 Å². The van der Waals surface area contributed by atoms with Gasteiger partial charge < -0.3 is 70.1 Å². The highest BCUT2D eigenvalue weighted by Crippen LogP contribution is 2.51. The predicted octanol–water partition coefficient (Wildman–Crippen LogP) is -2.39. The van der Waals surface area contributed by atoms with Gasteiger partial charge in [-0.3, -0.25) is 4.79 Å². The van der Waals surface area contributed by atoms with Crippen molar-refractivity contribution in [3.05, 3.63) is 51.7 Å². The zero-order valence-electron chi connectivity index (χ0n) is 21.6. The second-order valence-electron chi connectivity index (χ2n) is 10.2. The molecule has 2 aromatic carbocycles. The maximum absolute atomic E-state index is 13.5. The smallest absolute Gasteiger partial charge is 0.197 e. The summed E-state index contributed by atoms with van der Waals surface area (Å²) in [5.74, 6) is -2.20. The Morgan fingerprint density at radius 2 is 1.14 bits per heavy atom. The number of aliphatic hydroxyl groups excluding tert-OH is 8. The van der Waals surface area contributed by atoms with Crippen LogP contribution in [0.1, 0.15) is 23.3 Å². The van der Waals surface area contributed by atoms with Crippen molar-refractivity contribution in [2.75, 3.05) is 13.2 Å². The molecule has 2 aliphatic heterocycles. The second kappa shape index (κ2) is 11.4. The number of ether oxygens (including phenoxy) is 2. The SMILES string of the molecule is O=c1cc(-c2ccc(O)cc2)oc2c([C@H]3O[C@@H](CO)[C@@H](O)[C@@H](O)[C@H]3O)c(O)c([C@@H]3O[C@@H](CO)[C@@H](O)[C@@H](O)[C@H]3O)c(O)c12. The lowest BCUT2D eigenvalue weighted by Crippen LogP contribution is -2.55. The van der Waals surface area contributed by atoms with Crippen molar-refractivity contribution in [2.45, 2.75) is 61.0 Å². The molecule has 3 heterocycles. The quantitative estimate of drug-likeness (QED) is 0.147. The van der Waals surface area contributed by atoms with Crippen LogP contribution in [0.2, 0.25) is 0 Å². The summed E-state index contributed by atoms with van der Waals surface area (Å²) >= 11 is 0. The Hall–Kier alpha value is -3.35. The van der Waals surface area contributed by atoms with E-state index in [0.717, 1.165) is 6.07 Å². The highest BCUT2D eigenvalue weighted by atomic mass is 16.6. The van der Waals surface area contributed by atoms with Crippen LogP contribution >= 0.6 is 0 Å². The first kappa shape index (κ1) is 30.1. The first-order valence-electron chi connectivity index (χ1n) is 12.9. The molecule has 15 nitrogen and oxygen atoms in total. The van der Waals surface area contributed by atoms with Gasteiger partial charge in [0, 0.05) is 11.6 Å². The summed E-state index contributed by atoms with van der Waals surface area (Å²) in [4.78, 5) is 13.5. The van der Waals surface area contributed by atoms with Crippen LogP contribution in [-0.4, -0.2) is 118 Å². The van der Waals surface area contributed by atoms with E-state index in [-0.39, 0.29) is 17.1 Å². The number of benzene rings is 2. The third kappa shape index (κ3) is 4.79. The minimum absolute atomic E-state index is 0.0941. The van der Waals surface area contributed by atoms with E-state index in [4.69, 9.17) is 13.9 Å². The molecule has 3 aromatic rings. The average molecular weight is 595 g/mol. The van der Waals surface area contributed by atoms with Crippen LogP contribution in [0.4, 0.5) is 0 Å². The predicted molar refractivity (Wildman–Crippen MR) is 138 cm³/mol. The molecule has 0 spiro atoms. The topological polar surface area (TPSA) is 271 Å². The summed E-state index contributed by atoms with van der Waals surface area (Å²) in [6.07, 6.45) is -18.2. The maximum Gasteiger partial charge on any atom is 0.197 e. The molecule has 0 unspecified atom stereocenters. The van der Waals surface area contributed by atoms with Crippen LogP contribution in [0.15, 0.2) is 39.5 Å². The Labute approximate surface area is 235 Å². The highest BCUT2D eigenvalue weighted by Gasteiger charge is 2.50. The monoisotopic (exact) mass is 594 g/mol. The lowest BCUT2D eigenvalue weighted by atomic mass is 9.85. The Bertz CT molecular complexity index is 1500. The highest BCUT2D eigenvalue weighted by molar-refractivity contribution is 5.92. The van der Waals surface area contributed by atoms with Gasteiger partial charge >= 0.3 is 0 Å². The number of phenolic OH excluding ortho intramolecular Hbond substituents is 3. The molecule has 15 heteroatoms. The first-order chi connectivity index (χ1) is 19.9. The summed E-state index contributed by atoms with van der Waals surface area (Å²) in [6, 6.07) is 6.37. The number of hydrogen-bond donors (Lipinski definition) is 11. The van der Waals surface area contributed by atoms with Crippen molar-refractivity contribution < 1.29 is 70.1 Å². The van der Waals surface area contributed by atoms with E-state index in [1.807, 2.05) is 0 Å². The largest absolute Gasteiger partial charge is 0.508 e. The van der Waals surface area contributed by atoms with Gasteiger partial charge in [-0.15, -0.1) is 0 Å². The van der Waals surface area contributed by atoms with Crippen molar-refractivity contribution in [3.63, 3.8) is 0 Å². The van der Waals surface area contributed by atoms with Gasteiger partial charge in [0.2, 0.25) is 0 Å². The second-order valence-corrected chi connectivity index (χ2v) is 10.2. The summed E-state index contributed by atoms with van der Waals surface area (Å²) < 4.78 is 17.0. The van der Waals surface area contributed by atoms with Crippen LogP contribution in [0.25, 0.3) is 22.3 Å². The molecule has 42 heavy (non-hydrogen) atoms. The van der Waals surface area contributed by atoms with Crippen molar-refractivity contribution in [1.29, 1.82) is 0 Å². The number of aromatic hydroxyl groups is 3. The lowest BCUT2D eigenvalue weighted by molar-refractivity contribution is -0.234. The molecule has 2 aliphatic rings. The molecule has 2 saturated heterocycles. The number of aliphatic hydroxyl groups is 8. The van der Waals surface area contributed by atoms with Crippen molar-refractivity contribution in [3.8, 4) is 28.6 Å². The Balaban J connectivity index is 1.82. The Morgan fingerprint density at radius 1 is 0.643 bits per heavy atom. The summed E-state index contributed by atoms with van der Waals surface area (Å²) in [7, 11) is 0. The number of rotatable bonds is 5. The van der Waals surface area contributed by atoms with Crippen LogP contribution < -0.4 is 5.43 Å². The number of hydrogen-bond acceptors (Lipinski definition) is 15. The van der Waals surface area contributed by atoms with Gasteiger partial charge in [-0.1, -0.05) is 0 Å². The maximum atomic E-state index is 13.5. The van der Waals surface area contributed by atoms with Gasteiger partial charge in [-0.25, -0.2) is 0 Å². The molecule has 0 radical (unpaired) electrons. The van der Waals surface area contributed by atoms with E-state index < -0.39 is 113 Å². The summed E-state index contributed by atoms with van der Waals surface area (Å²) in [5.41, 5.74) is -2.48. The molecule has 5 rings (SSSR count). The van der Waals surface area contributed by atoms with Crippen molar-refractivity contribution in [2.24, 2.45) is 0 Å². The normalized spacial score (nSPS) is 33.6. The lowest BCUT2D eigenvalue weighted by Gasteiger charge is -2.42. The minimum atomic E-state index is -2.02. The van der Waals surface area contributed by atoms with Gasteiger partial charge in [-0.05, 0) is 24.3 Å². The summed E-state index contributed by atoms with van der Waals surface area (Å²) in [6.45, 7) is -1.70. The molecule has 0 saturated carbocycles. The van der Waals surface area contributed by atoms with Gasteiger partial charge in [0.15, 0.2) is 11.0 Å². The van der Waals surface area contributed by atoms with Gasteiger partial charge in [0.25, 0.3) is 0 Å². The zero-order valence-corrected chi connectivity index (χ0v) is 21.6. The number of phenols is 3. The zero-order chi connectivity index (χ0) is 30.6. The molecule has 1 aromatic heterocycles. The first-order valence-corrected chi connectivity index (χ1v) is 12.9. The molecule has 2 fully saturated rings. The fourth-order valence-corrected chi connectivity index (χ4v) is 5.39. The third-order valence-corrected chi connectivity index (χ3v) is 7.70. The van der Waals surface area contributed by atoms with Crippen molar-refractivity contribution in [1.82, 2.24) is 0 Å². The average Bonchev–Trinajstić information content (AvgIpc) is 2.97. The summed E-state index contributed by atoms with van der Waals surface area (Å²) in [5, 5.41) is 114. The fourth-order valence-electron chi connectivity index (χ4n) is 5.39.